The summed E-state index contributed by atoms with van der Waals surface area (Å²) < 4.78 is 1.84. The van der Waals surface area contributed by atoms with Crippen LogP contribution in [0.25, 0.3) is 5.65 Å². The lowest BCUT2D eigenvalue weighted by molar-refractivity contribution is 0.466. The summed E-state index contributed by atoms with van der Waals surface area (Å²) in [5, 5.41) is 9.29. The highest BCUT2D eigenvalue weighted by Gasteiger charge is 1.99. The molecule has 2 rings (SSSR count). The van der Waals surface area contributed by atoms with E-state index in [2.05, 4.69) is 4.98 Å². The average Bonchev–Trinajstić information content (AvgIpc) is 2.45. The Hall–Kier alpha value is -1.51. The van der Waals surface area contributed by atoms with Crippen LogP contribution in [-0.4, -0.2) is 14.5 Å². The summed E-state index contributed by atoms with van der Waals surface area (Å²) in [6, 6.07) is 3.43. The quantitative estimate of drug-likeness (QED) is 0.612. The monoisotopic (exact) mass is 148 g/mol. The lowest BCUT2D eigenvalue weighted by Gasteiger charge is -2.00. The van der Waals surface area contributed by atoms with Gasteiger partial charge >= 0.3 is 0 Å². The van der Waals surface area contributed by atoms with Crippen molar-refractivity contribution < 1.29 is 5.11 Å². The number of hydrogen-bond acceptors (Lipinski definition) is 2. The minimum absolute atomic E-state index is 0.301. The Bertz CT molecular complexity index is 392. The van der Waals surface area contributed by atoms with Crippen molar-refractivity contribution in [1.29, 1.82) is 0 Å². The van der Waals surface area contributed by atoms with E-state index in [0.29, 0.717) is 5.75 Å². The molecular formula is C8H8N2O. The van der Waals surface area contributed by atoms with E-state index in [0.717, 1.165) is 11.3 Å². The van der Waals surface area contributed by atoms with Gasteiger partial charge in [0.25, 0.3) is 0 Å². The molecular weight excluding hydrogens is 140 g/mol. The molecule has 2 aromatic rings. The Balaban J connectivity index is 2.93. The minimum atomic E-state index is 0.301. The Kier molecular flexibility index (Phi) is 1.12. The van der Waals surface area contributed by atoms with Crippen molar-refractivity contribution in [3.63, 3.8) is 0 Å². The number of rotatable bonds is 0. The molecule has 0 saturated carbocycles. The van der Waals surface area contributed by atoms with E-state index in [1.54, 1.807) is 18.3 Å². The molecule has 56 valence electrons. The fourth-order valence-electron chi connectivity index (χ4n) is 1.12. The number of aryl methyl sites for hydroxylation is 1. The zero-order chi connectivity index (χ0) is 7.84. The van der Waals surface area contributed by atoms with E-state index in [9.17, 15) is 5.11 Å². The number of pyridine rings is 1. The minimum Gasteiger partial charge on any atom is -0.506 e. The highest BCUT2D eigenvalue weighted by atomic mass is 16.3. The van der Waals surface area contributed by atoms with E-state index in [1.807, 2.05) is 17.5 Å². The van der Waals surface area contributed by atoms with Crippen LogP contribution in [-0.2, 0) is 0 Å². The van der Waals surface area contributed by atoms with Crippen molar-refractivity contribution in [3.05, 3.63) is 30.2 Å². The first kappa shape index (κ1) is 6.22. The number of hydrogen-bond donors (Lipinski definition) is 1. The Morgan fingerprint density at radius 3 is 3.09 bits per heavy atom. The van der Waals surface area contributed by atoms with Crippen LogP contribution in [0, 0.1) is 6.92 Å². The highest BCUT2D eigenvalue weighted by Crippen LogP contribution is 2.16. The van der Waals surface area contributed by atoms with E-state index < -0.39 is 0 Å². The molecule has 3 heteroatoms. The van der Waals surface area contributed by atoms with Crippen LogP contribution in [0.3, 0.4) is 0 Å². The molecule has 1 N–H and O–H groups in total. The third kappa shape index (κ3) is 0.774. The predicted octanol–water partition coefficient (Wildman–Crippen LogP) is 1.35. The third-order valence-electron chi connectivity index (χ3n) is 1.79. The zero-order valence-electron chi connectivity index (χ0n) is 6.15. The second kappa shape index (κ2) is 1.99. The van der Waals surface area contributed by atoms with Gasteiger partial charge in [-0.3, -0.25) is 0 Å². The lowest BCUT2D eigenvalue weighted by Crippen LogP contribution is -1.88. The molecule has 0 aromatic carbocycles. The van der Waals surface area contributed by atoms with Gasteiger partial charge in [0.2, 0.25) is 0 Å². The molecule has 0 atom stereocenters. The van der Waals surface area contributed by atoms with Gasteiger partial charge < -0.3 is 9.51 Å². The van der Waals surface area contributed by atoms with Crippen LogP contribution in [0.5, 0.6) is 5.75 Å². The molecule has 0 radical (unpaired) electrons. The van der Waals surface area contributed by atoms with Crippen LogP contribution in [0.4, 0.5) is 0 Å². The summed E-state index contributed by atoms with van der Waals surface area (Å²) in [5.74, 6) is 0.301. The Labute approximate surface area is 63.9 Å². The predicted molar refractivity (Wildman–Crippen MR) is 41.6 cm³/mol. The van der Waals surface area contributed by atoms with Crippen molar-refractivity contribution in [1.82, 2.24) is 9.38 Å². The maximum absolute atomic E-state index is 9.29. The van der Waals surface area contributed by atoms with Crippen LogP contribution in [0.15, 0.2) is 24.5 Å². The second-order valence-electron chi connectivity index (χ2n) is 2.46. The van der Waals surface area contributed by atoms with Crippen molar-refractivity contribution >= 4 is 5.65 Å². The maximum atomic E-state index is 9.29. The first-order valence-corrected chi connectivity index (χ1v) is 3.40. The van der Waals surface area contributed by atoms with Crippen LogP contribution < -0.4 is 0 Å². The van der Waals surface area contributed by atoms with Gasteiger partial charge in [-0.15, -0.1) is 0 Å². The number of aromatic hydroxyl groups is 1. The number of aromatic nitrogens is 2. The fourth-order valence-corrected chi connectivity index (χ4v) is 1.12. The van der Waals surface area contributed by atoms with Gasteiger partial charge in [-0.2, -0.15) is 0 Å². The summed E-state index contributed by atoms with van der Waals surface area (Å²) in [7, 11) is 0. The molecule has 3 nitrogen and oxygen atoms in total. The molecule has 0 amide bonds. The topological polar surface area (TPSA) is 37.5 Å². The number of imidazole rings is 1. The summed E-state index contributed by atoms with van der Waals surface area (Å²) in [4.78, 5) is 4.07. The molecule has 0 spiro atoms. The molecule has 0 saturated heterocycles. The first-order valence-electron chi connectivity index (χ1n) is 3.40. The van der Waals surface area contributed by atoms with Gasteiger partial charge in [0, 0.05) is 12.4 Å². The molecule has 11 heavy (non-hydrogen) atoms. The van der Waals surface area contributed by atoms with Gasteiger partial charge in [0.15, 0.2) is 0 Å². The first-order chi connectivity index (χ1) is 5.29. The van der Waals surface area contributed by atoms with Crippen LogP contribution in [0.2, 0.25) is 0 Å². The Morgan fingerprint density at radius 1 is 1.45 bits per heavy atom. The van der Waals surface area contributed by atoms with Crippen molar-refractivity contribution in [2.75, 3.05) is 0 Å². The Morgan fingerprint density at radius 2 is 2.27 bits per heavy atom. The van der Waals surface area contributed by atoms with Gasteiger partial charge in [-0.05, 0) is 19.1 Å². The van der Waals surface area contributed by atoms with E-state index in [4.69, 9.17) is 0 Å². The van der Waals surface area contributed by atoms with Crippen molar-refractivity contribution in [3.8, 4) is 5.75 Å². The van der Waals surface area contributed by atoms with Gasteiger partial charge in [0.1, 0.15) is 11.4 Å². The average molecular weight is 148 g/mol. The van der Waals surface area contributed by atoms with E-state index in [-0.39, 0.29) is 0 Å². The molecule has 0 aliphatic heterocycles. The van der Waals surface area contributed by atoms with Crippen LogP contribution in [0.1, 0.15) is 5.69 Å². The molecule has 2 heterocycles. The summed E-state index contributed by atoms with van der Waals surface area (Å²) in [6.45, 7) is 1.85. The van der Waals surface area contributed by atoms with E-state index in [1.165, 1.54) is 0 Å². The number of nitrogens with zero attached hydrogens (tertiary/aromatic N) is 2. The van der Waals surface area contributed by atoms with Crippen molar-refractivity contribution in [2.24, 2.45) is 0 Å². The molecule has 0 bridgehead atoms. The van der Waals surface area contributed by atoms with E-state index >= 15 is 0 Å². The van der Waals surface area contributed by atoms with Gasteiger partial charge in [0.05, 0.1) is 5.69 Å². The van der Waals surface area contributed by atoms with Crippen molar-refractivity contribution in [2.45, 2.75) is 6.92 Å². The molecule has 0 fully saturated rings. The lowest BCUT2D eigenvalue weighted by atomic mass is 10.3. The summed E-state index contributed by atoms with van der Waals surface area (Å²) in [5.41, 5.74) is 1.68. The highest BCUT2D eigenvalue weighted by molar-refractivity contribution is 5.44. The molecule has 0 aliphatic rings. The van der Waals surface area contributed by atoms with Gasteiger partial charge in [-0.25, -0.2) is 4.98 Å². The SMILES string of the molecule is Cc1c(O)ccc2nccn12. The second-order valence-corrected chi connectivity index (χ2v) is 2.46. The normalized spacial score (nSPS) is 10.6. The number of fused-ring (bicyclic) bond motifs is 1. The third-order valence-corrected chi connectivity index (χ3v) is 1.79. The smallest absolute Gasteiger partial charge is 0.137 e. The van der Waals surface area contributed by atoms with Gasteiger partial charge in [-0.1, -0.05) is 0 Å². The standard InChI is InChI=1S/C8H8N2O/c1-6-7(11)2-3-8-9-4-5-10(6)8/h2-5,11H,1H3. The molecule has 2 aromatic heterocycles. The molecule has 0 aliphatic carbocycles. The molecule has 0 unspecified atom stereocenters. The fraction of sp³-hybridized carbons (Fsp3) is 0.125. The largest absolute Gasteiger partial charge is 0.506 e. The summed E-state index contributed by atoms with van der Waals surface area (Å²) >= 11 is 0. The van der Waals surface area contributed by atoms with Crippen LogP contribution >= 0.6 is 0 Å². The zero-order valence-corrected chi connectivity index (χ0v) is 6.15. The maximum Gasteiger partial charge on any atom is 0.137 e. The summed E-state index contributed by atoms with van der Waals surface area (Å²) in [6.07, 6.45) is 3.53.